The first-order valence-corrected chi connectivity index (χ1v) is 8.10. The molecule has 0 saturated carbocycles. The Morgan fingerprint density at radius 3 is 2.73 bits per heavy atom. The van der Waals surface area contributed by atoms with Crippen LogP contribution in [0.25, 0.3) is 11.3 Å². The molecular formula is C19H15FN4O2. The number of pyridine rings is 2. The highest BCUT2D eigenvalue weighted by atomic mass is 19.1. The smallest absolute Gasteiger partial charge is 0.327 e. The second kappa shape index (κ2) is 6.79. The van der Waals surface area contributed by atoms with Gasteiger partial charge in [-0.05, 0) is 36.4 Å². The van der Waals surface area contributed by atoms with Gasteiger partial charge in [0, 0.05) is 23.6 Å². The van der Waals surface area contributed by atoms with E-state index in [1.54, 1.807) is 54.9 Å². The van der Waals surface area contributed by atoms with Crippen LogP contribution in [0.3, 0.4) is 0 Å². The van der Waals surface area contributed by atoms with Crippen molar-refractivity contribution in [3.63, 3.8) is 0 Å². The molecule has 1 aliphatic heterocycles. The molecule has 3 heterocycles. The van der Waals surface area contributed by atoms with Gasteiger partial charge in [0.1, 0.15) is 12.4 Å². The van der Waals surface area contributed by atoms with Gasteiger partial charge in [-0.15, -0.1) is 0 Å². The van der Waals surface area contributed by atoms with Crippen molar-refractivity contribution in [2.24, 2.45) is 0 Å². The summed E-state index contributed by atoms with van der Waals surface area (Å²) >= 11 is 0. The molecule has 0 bridgehead atoms. The maximum atomic E-state index is 14.1. The highest BCUT2D eigenvalue weighted by Gasteiger charge is 2.26. The van der Waals surface area contributed by atoms with Gasteiger partial charge in [0.25, 0.3) is 0 Å². The van der Waals surface area contributed by atoms with Crippen LogP contribution in [-0.2, 0) is 0 Å². The number of urea groups is 1. The van der Waals surface area contributed by atoms with E-state index in [9.17, 15) is 9.18 Å². The number of amides is 2. The number of carbonyl (C=O) groups is 1. The van der Waals surface area contributed by atoms with Crippen LogP contribution in [0.5, 0.6) is 5.75 Å². The van der Waals surface area contributed by atoms with E-state index in [-0.39, 0.29) is 11.8 Å². The van der Waals surface area contributed by atoms with E-state index in [0.29, 0.717) is 41.7 Å². The van der Waals surface area contributed by atoms with E-state index in [1.165, 1.54) is 11.0 Å². The molecule has 4 rings (SSSR count). The first-order valence-electron chi connectivity index (χ1n) is 8.10. The molecule has 130 valence electrons. The van der Waals surface area contributed by atoms with Gasteiger partial charge in [0.15, 0.2) is 11.6 Å². The molecule has 6 nitrogen and oxygen atoms in total. The Morgan fingerprint density at radius 2 is 1.92 bits per heavy atom. The van der Waals surface area contributed by atoms with Crippen molar-refractivity contribution in [1.82, 2.24) is 9.97 Å². The molecule has 0 saturated heterocycles. The Balaban J connectivity index is 1.67. The van der Waals surface area contributed by atoms with E-state index in [2.05, 4.69) is 15.3 Å². The summed E-state index contributed by atoms with van der Waals surface area (Å²) in [7, 11) is 0. The van der Waals surface area contributed by atoms with Crippen molar-refractivity contribution in [1.29, 1.82) is 0 Å². The van der Waals surface area contributed by atoms with Crippen LogP contribution in [0.4, 0.5) is 20.7 Å². The molecule has 3 aromatic rings. The number of fused-ring (bicyclic) bond motifs is 1. The van der Waals surface area contributed by atoms with Crippen LogP contribution >= 0.6 is 0 Å². The summed E-state index contributed by atoms with van der Waals surface area (Å²) in [5.41, 5.74) is 1.44. The fraction of sp³-hybridized carbons (Fsp3) is 0.105. The molecule has 0 radical (unpaired) electrons. The third-order valence-corrected chi connectivity index (χ3v) is 3.99. The number of ether oxygens (including phenoxy) is 1. The van der Waals surface area contributed by atoms with E-state index in [0.717, 1.165) is 0 Å². The fourth-order valence-electron chi connectivity index (χ4n) is 2.74. The Labute approximate surface area is 149 Å². The van der Waals surface area contributed by atoms with Crippen LogP contribution < -0.4 is 15.0 Å². The van der Waals surface area contributed by atoms with Crippen LogP contribution in [0.2, 0.25) is 0 Å². The van der Waals surface area contributed by atoms with Crippen molar-refractivity contribution in [2.45, 2.75) is 0 Å². The summed E-state index contributed by atoms with van der Waals surface area (Å²) in [6.45, 7) is 0.704. The summed E-state index contributed by atoms with van der Waals surface area (Å²) in [5, 5.41) is 2.80. The van der Waals surface area contributed by atoms with Gasteiger partial charge in [-0.25, -0.2) is 14.2 Å². The van der Waals surface area contributed by atoms with Crippen molar-refractivity contribution < 1.29 is 13.9 Å². The van der Waals surface area contributed by atoms with Crippen LogP contribution in [0.1, 0.15) is 0 Å². The highest BCUT2D eigenvalue weighted by Crippen LogP contribution is 2.33. The monoisotopic (exact) mass is 350 g/mol. The zero-order chi connectivity index (χ0) is 17.9. The summed E-state index contributed by atoms with van der Waals surface area (Å²) in [6.07, 6.45) is 3.19. The first kappa shape index (κ1) is 16.0. The Morgan fingerprint density at radius 1 is 1.12 bits per heavy atom. The molecule has 0 unspecified atom stereocenters. The second-order valence-corrected chi connectivity index (χ2v) is 5.66. The molecule has 0 spiro atoms. The van der Waals surface area contributed by atoms with Gasteiger partial charge in [0.2, 0.25) is 0 Å². The van der Waals surface area contributed by atoms with E-state index in [1.807, 2.05) is 0 Å². The summed E-state index contributed by atoms with van der Waals surface area (Å²) in [4.78, 5) is 22.6. The number of hydrogen-bond donors (Lipinski definition) is 1. The molecule has 1 aliphatic rings. The lowest BCUT2D eigenvalue weighted by Crippen LogP contribution is -2.41. The van der Waals surface area contributed by atoms with Crippen LogP contribution in [-0.4, -0.2) is 29.2 Å². The Hall–Kier alpha value is -3.48. The molecule has 2 aromatic heterocycles. The number of anilines is 2. The maximum Gasteiger partial charge on any atom is 0.327 e. The number of carbonyl (C=O) groups excluding carboxylic acids is 1. The van der Waals surface area contributed by atoms with Gasteiger partial charge >= 0.3 is 6.03 Å². The predicted molar refractivity (Wildman–Crippen MR) is 95.7 cm³/mol. The van der Waals surface area contributed by atoms with Crippen LogP contribution in [0.15, 0.2) is 60.9 Å². The van der Waals surface area contributed by atoms with Gasteiger partial charge < -0.3 is 10.1 Å². The third-order valence-electron chi connectivity index (χ3n) is 3.99. The minimum Gasteiger partial charge on any atom is -0.488 e. The largest absolute Gasteiger partial charge is 0.488 e. The van der Waals surface area contributed by atoms with E-state index < -0.39 is 0 Å². The topological polar surface area (TPSA) is 67.4 Å². The van der Waals surface area contributed by atoms with Crippen molar-refractivity contribution in [3.8, 4) is 17.0 Å². The molecule has 7 heteroatoms. The molecular weight excluding hydrogens is 335 g/mol. The summed E-state index contributed by atoms with van der Waals surface area (Å²) in [5.74, 6) is 0.481. The molecule has 26 heavy (non-hydrogen) atoms. The Bertz CT molecular complexity index is 949. The third kappa shape index (κ3) is 3.06. The van der Waals surface area contributed by atoms with Gasteiger partial charge in [0.05, 0.1) is 12.2 Å². The molecule has 1 N–H and O–H groups in total. The second-order valence-electron chi connectivity index (χ2n) is 5.66. The number of benzene rings is 1. The SMILES string of the molecule is O=C(Nc1ccncc1)N1CCOc2ccc(-c3ccccc3F)nc21. The lowest BCUT2D eigenvalue weighted by molar-refractivity contribution is 0.249. The van der Waals surface area contributed by atoms with Crippen molar-refractivity contribution in [3.05, 3.63) is 66.7 Å². The number of nitrogens with zero attached hydrogens (tertiary/aromatic N) is 3. The zero-order valence-electron chi connectivity index (χ0n) is 13.7. The van der Waals surface area contributed by atoms with Gasteiger partial charge in [-0.1, -0.05) is 12.1 Å². The molecule has 0 aliphatic carbocycles. The molecule has 1 aromatic carbocycles. The maximum absolute atomic E-state index is 14.1. The van der Waals surface area contributed by atoms with Crippen LogP contribution in [0, 0.1) is 5.82 Å². The van der Waals surface area contributed by atoms with Crippen molar-refractivity contribution >= 4 is 17.5 Å². The van der Waals surface area contributed by atoms with E-state index >= 15 is 0 Å². The predicted octanol–water partition coefficient (Wildman–Crippen LogP) is 3.71. The highest BCUT2D eigenvalue weighted by molar-refractivity contribution is 6.02. The quantitative estimate of drug-likeness (QED) is 0.765. The van der Waals surface area contributed by atoms with Gasteiger partial charge in [-0.2, -0.15) is 0 Å². The first-order chi connectivity index (χ1) is 12.7. The van der Waals surface area contributed by atoms with Crippen molar-refractivity contribution in [2.75, 3.05) is 23.4 Å². The average molecular weight is 350 g/mol. The number of halogens is 1. The normalized spacial score (nSPS) is 12.9. The number of hydrogen-bond acceptors (Lipinski definition) is 4. The fourth-order valence-corrected chi connectivity index (χ4v) is 2.74. The minimum atomic E-state index is -0.371. The summed E-state index contributed by atoms with van der Waals surface area (Å²) in [6, 6.07) is 12.8. The lowest BCUT2D eigenvalue weighted by Gasteiger charge is -2.28. The standard InChI is InChI=1S/C19H15FN4O2/c20-15-4-2-1-3-14(15)16-5-6-17-18(23-16)24(11-12-26-17)19(25)22-13-7-9-21-10-8-13/h1-10H,11-12H2,(H,21,22,25). The van der Waals surface area contributed by atoms with Gasteiger partial charge in [-0.3, -0.25) is 9.88 Å². The Kier molecular flexibility index (Phi) is 4.18. The lowest BCUT2D eigenvalue weighted by atomic mass is 10.1. The minimum absolute atomic E-state index is 0.334. The molecule has 0 atom stereocenters. The molecule has 0 fully saturated rings. The number of nitrogens with one attached hydrogen (secondary N) is 1. The number of rotatable bonds is 2. The van der Waals surface area contributed by atoms with E-state index in [4.69, 9.17) is 4.74 Å². The average Bonchev–Trinajstić information content (AvgIpc) is 2.68. The summed E-state index contributed by atoms with van der Waals surface area (Å²) < 4.78 is 19.7. The zero-order valence-corrected chi connectivity index (χ0v) is 13.7. The molecule has 2 amide bonds. The number of aromatic nitrogens is 2.